The van der Waals surface area contributed by atoms with Crippen LogP contribution in [0.5, 0.6) is 5.75 Å². The molecule has 1 atom stereocenters. The van der Waals surface area contributed by atoms with Crippen molar-refractivity contribution in [3.05, 3.63) is 28.8 Å². The normalized spacial score (nSPS) is 17.4. The van der Waals surface area contributed by atoms with Crippen molar-refractivity contribution in [1.82, 2.24) is 4.90 Å². The van der Waals surface area contributed by atoms with Gasteiger partial charge in [0.2, 0.25) is 0 Å². The number of benzene rings is 1. The first-order valence-electron chi connectivity index (χ1n) is 6.41. The van der Waals surface area contributed by atoms with Crippen LogP contribution in [0.2, 0.25) is 5.02 Å². The summed E-state index contributed by atoms with van der Waals surface area (Å²) in [5, 5.41) is 10.0. The molecule has 1 heterocycles. The molecule has 1 aliphatic rings. The zero-order chi connectivity index (χ0) is 13.8. The van der Waals surface area contributed by atoms with Gasteiger partial charge in [-0.1, -0.05) is 11.6 Å². The van der Waals surface area contributed by atoms with E-state index in [9.17, 15) is 9.90 Å². The quantitative estimate of drug-likeness (QED) is 0.902. The first-order valence-corrected chi connectivity index (χ1v) is 6.79. The van der Waals surface area contributed by atoms with Gasteiger partial charge in [0.15, 0.2) is 0 Å². The zero-order valence-corrected chi connectivity index (χ0v) is 11.7. The van der Waals surface area contributed by atoms with Gasteiger partial charge in [0, 0.05) is 11.4 Å². The van der Waals surface area contributed by atoms with E-state index >= 15 is 0 Å². The smallest absolute Gasteiger partial charge is 0.321 e. The molecule has 2 rings (SSSR count). The Morgan fingerprint density at radius 1 is 1.47 bits per heavy atom. The number of halogens is 1. The molecule has 1 N–H and O–H groups in total. The molecule has 1 aromatic rings. The first kappa shape index (κ1) is 14.2. The summed E-state index contributed by atoms with van der Waals surface area (Å²) in [4.78, 5) is 13.5. The lowest BCUT2D eigenvalue weighted by atomic mass is 10.0. The van der Waals surface area contributed by atoms with Crippen molar-refractivity contribution >= 4 is 17.6 Å². The number of aliphatic carboxylic acids is 1. The summed E-state index contributed by atoms with van der Waals surface area (Å²) < 4.78 is 5.27. The van der Waals surface area contributed by atoms with E-state index in [1.165, 1.54) is 0 Å². The number of hydrogen-bond acceptors (Lipinski definition) is 3. The third-order valence-electron chi connectivity index (χ3n) is 3.52. The number of carbonyl (C=O) groups is 1. The molecule has 19 heavy (non-hydrogen) atoms. The molecule has 0 aromatic heterocycles. The largest absolute Gasteiger partial charge is 0.496 e. The summed E-state index contributed by atoms with van der Waals surface area (Å²) in [5.41, 5.74) is 0.842. The van der Waals surface area contributed by atoms with E-state index in [0.29, 0.717) is 17.2 Å². The zero-order valence-electron chi connectivity index (χ0n) is 10.9. The van der Waals surface area contributed by atoms with Crippen LogP contribution in [0.4, 0.5) is 0 Å². The van der Waals surface area contributed by atoms with Gasteiger partial charge >= 0.3 is 5.97 Å². The second-order valence-electron chi connectivity index (χ2n) is 4.76. The van der Waals surface area contributed by atoms with E-state index in [1.54, 1.807) is 25.3 Å². The summed E-state index contributed by atoms with van der Waals surface area (Å²) in [7, 11) is 1.58. The third-order valence-corrected chi connectivity index (χ3v) is 3.76. The number of nitrogens with zero attached hydrogens (tertiary/aromatic N) is 1. The fraction of sp³-hybridized carbons (Fsp3) is 0.500. The van der Waals surface area contributed by atoms with E-state index in [4.69, 9.17) is 16.3 Å². The van der Waals surface area contributed by atoms with E-state index in [1.807, 2.05) is 4.90 Å². The van der Waals surface area contributed by atoms with Crippen LogP contribution < -0.4 is 4.74 Å². The number of likely N-dealkylation sites (tertiary alicyclic amines) is 1. The van der Waals surface area contributed by atoms with E-state index in [-0.39, 0.29) is 0 Å². The Balaban J connectivity index is 2.20. The van der Waals surface area contributed by atoms with Crippen molar-refractivity contribution in [3.63, 3.8) is 0 Å². The predicted molar refractivity (Wildman–Crippen MR) is 73.9 cm³/mol. The third kappa shape index (κ3) is 3.39. The van der Waals surface area contributed by atoms with E-state index < -0.39 is 12.0 Å². The molecule has 1 aromatic carbocycles. The van der Waals surface area contributed by atoms with Gasteiger partial charge in [0.1, 0.15) is 11.8 Å². The SMILES string of the molecule is COc1ccc(Cl)cc1C[C@H](C(=O)O)N1CCCC1. The molecule has 104 valence electrons. The molecule has 0 bridgehead atoms. The van der Waals surface area contributed by atoms with Crippen LogP contribution >= 0.6 is 11.6 Å². The molecule has 4 nitrogen and oxygen atoms in total. The van der Waals surface area contributed by atoms with Crippen molar-refractivity contribution in [2.45, 2.75) is 25.3 Å². The molecule has 1 aliphatic heterocycles. The van der Waals surface area contributed by atoms with Crippen molar-refractivity contribution in [3.8, 4) is 5.75 Å². The molecule has 0 saturated carbocycles. The highest BCUT2D eigenvalue weighted by atomic mass is 35.5. The van der Waals surface area contributed by atoms with Crippen molar-refractivity contribution in [2.75, 3.05) is 20.2 Å². The molecular weight excluding hydrogens is 266 g/mol. The van der Waals surface area contributed by atoms with E-state index in [2.05, 4.69) is 0 Å². The second kappa shape index (κ2) is 6.26. The topological polar surface area (TPSA) is 49.8 Å². The van der Waals surface area contributed by atoms with Crippen LogP contribution in [0, 0.1) is 0 Å². The van der Waals surface area contributed by atoms with Crippen LogP contribution in [0.25, 0.3) is 0 Å². The van der Waals surface area contributed by atoms with Crippen molar-refractivity contribution in [2.24, 2.45) is 0 Å². The standard InChI is InChI=1S/C14H18ClNO3/c1-19-13-5-4-11(15)8-10(13)9-12(14(17)18)16-6-2-3-7-16/h4-5,8,12H,2-3,6-7,9H2,1H3,(H,17,18)/t12-/m1/s1. The minimum Gasteiger partial charge on any atom is -0.496 e. The molecule has 0 radical (unpaired) electrons. The molecule has 1 saturated heterocycles. The summed E-state index contributed by atoms with van der Waals surface area (Å²) in [6, 6.07) is 4.80. The van der Waals surface area contributed by atoms with Gasteiger partial charge in [-0.05, 0) is 49.7 Å². The number of hydrogen-bond donors (Lipinski definition) is 1. The molecule has 0 unspecified atom stereocenters. The molecule has 5 heteroatoms. The van der Waals surface area contributed by atoms with Gasteiger partial charge in [0.25, 0.3) is 0 Å². The number of carboxylic acid groups (broad SMARTS) is 1. The Kier molecular flexibility index (Phi) is 4.66. The van der Waals surface area contributed by atoms with Crippen LogP contribution in [-0.4, -0.2) is 42.2 Å². The minimum atomic E-state index is -0.788. The lowest BCUT2D eigenvalue weighted by Crippen LogP contribution is -2.40. The second-order valence-corrected chi connectivity index (χ2v) is 5.19. The van der Waals surface area contributed by atoms with Gasteiger partial charge in [-0.3, -0.25) is 9.69 Å². The highest BCUT2D eigenvalue weighted by Gasteiger charge is 2.28. The summed E-state index contributed by atoms with van der Waals surface area (Å²) >= 11 is 5.98. The Hall–Kier alpha value is -1.26. The van der Waals surface area contributed by atoms with Crippen molar-refractivity contribution in [1.29, 1.82) is 0 Å². The van der Waals surface area contributed by atoms with Gasteiger partial charge in [-0.15, -0.1) is 0 Å². The predicted octanol–water partition coefficient (Wildman–Crippen LogP) is 2.44. The number of ether oxygens (including phenoxy) is 1. The van der Waals surface area contributed by atoms with Crippen LogP contribution in [0.3, 0.4) is 0 Å². The van der Waals surface area contributed by atoms with E-state index in [0.717, 1.165) is 31.5 Å². The maximum Gasteiger partial charge on any atom is 0.321 e. The van der Waals surface area contributed by atoms with Crippen LogP contribution in [-0.2, 0) is 11.2 Å². The fourth-order valence-electron chi connectivity index (χ4n) is 2.54. The average Bonchev–Trinajstić information content (AvgIpc) is 2.89. The lowest BCUT2D eigenvalue weighted by Gasteiger charge is -2.24. The lowest BCUT2D eigenvalue weighted by molar-refractivity contribution is -0.142. The maximum atomic E-state index is 11.5. The fourth-order valence-corrected chi connectivity index (χ4v) is 2.74. The molecular formula is C14H18ClNO3. The number of carboxylic acids is 1. The summed E-state index contributed by atoms with van der Waals surface area (Å²) in [5.74, 6) is -0.0984. The van der Waals surface area contributed by atoms with Crippen molar-refractivity contribution < 1.29 is 14.6 Å². The molecule has 0 spiro atoms. The first-order chi connectivity index (χ1) is 9.11. The van der Waals surface area contributed by atoms with Crippen LogP contribution in [0.15, 0.2) is 18.2 Å². The highest BCUT2D eigenvalue weighted by molar-refractivity contribution is 6.30. The highest BCUT2D eigenvalue weighted by Crippen LogP contribution is 2.26. The number of rotatable bonds is 5. The molecule has 1 fully saturated rings. The molecule has 0 amide bonds. The number of methoxy groups -OCH3 is 1. The Bertz CT molecular complexity index is 458. The monoisotopic (exact) mass is 283 g/mol. The van der Waals surface area contributed by atoms with Gasteiger partial charge < -0.3 is 9.84 Å². The minimum absolute atomic E-state index is 0.416. The van der Waals surface area contributed by atoms with Crippen LogP contribution in [0.1, 0.15) is 18.4 Å². The maximum absolute atomic E-state index is 11.5. The Labute approximate surface area is 117 Å². The summed E-state index contributed by atoms with van der Waals surface area (Å²) in [6.07, 6.45) is 2.55. The van der Waals surface area contributed by atoms with Gasteiger partial charge in [-0.25, -0.2) is 0 Å². The summed E-state index contributed by atoms with van der Waals surface area (Å²) in [6.45, 7) is 1.69. The Morgan fingerprint density at radius 3 is 2.74 bits per heavy atom. The Morgan fingerprint density at radius 2 is 2.16 bits per heavy atom. The molecule has 0 aliphatic carbocycles. The van der Waals surface area contributed by atoms with Gasteiger partial charge in [-0.2, -0.15) is 0 Å². The van der Waals surface area contributed by atoms with Gasteiger partial charge in [0.05, 0.1) is 7.11 Å². The average molecular weight is 284 g/mol.